The van der Waals surface area contributed by atoms with Crippen LogP contribution < -0.4 is 5.32 Å². The summed E-state index contributed by atoms with van der Waals surface area (Å²) in [6.45, 7) is 0. The standard InChI is InChI=1S/C19H11ClF3N5O/c20-11-6-7-14(19(21,22)23)13(10-11)16-26-17-12(4-3-9-28(17)27-16)18(29)25-15-5-1-2-8-24-15/h1-10H,(H,24,25,29). The fourth-order valence-corrected chi connectivity index (χ4v) is 2.94. The van der Waals surface area contributed by atoms with E-state index < -0.39 is 17.6 Å². The summed E-state index contributed by atoms with van der Waals surface area (Å²) in [7, 11) is 0. The lowest BCUT2D eigenvalue weighted by Gasteiger charge is -2.10. The number of rotatable bonds is 3. The molecule has 1 N–H and O–H groups in total. The van der Waals surface area contributed by atoms with Gasteiger partial charge in [-0.2, -0.15) is 13.2 Å². The van der Waals surface area contributed by atoms with Gasteiger partial charge in [0.25, 0.3) is 5.91 Å². The molecular weight excluding hydrogens is 407 g/mol. The number of nitrogens with zero attached hydrogens (tertiary/aromatic N) is 4. The number of amides is 1. The molecule has 0 aliphatic carbocycles. The SMILES string of the molecule is O=C(Nc1ccccn1)c1cccn2nc(-c3cc(Cl)ccc3C(F)(F)F)nc12. The number of aromatic nitrogens is 4. The Morgan fingerprint density at radius 1 is 1.10 bits per heavy atom. The topological polar surface area (TPSA) is 72.2 Å². The predicted molar refractivity (Wildman–Crippen MR) is 101 cm³/mol. The van der Waals surface area contributed by atoms with Crippen LogP contribution in [0.25, 0.3) is 17.0 Å². The first-order valence-corrected chi connectivity index (χ1v) is 8.65. The molecule has 1 amide bonds. The Hall–Kier alpha value is -3.46. The molecule has 146 valence electrons. The summed E-state index contributed by atoms with van der Waals surface area (Å²) in [5.41, 5.74) is -0.960. The van der Waals surface area contributed by atoms with Crippen molar-refractivity contribution < 1.29 is 18.0 Å². The van der Waals surface area contributed by atoms with E-state index in [4.69, 9.17) is 11.6 Å². The van der Waals surface area contributed by atoms with Crippen LogP contribution >= 0.6 is 11.6 Å². The number of carbonyl (C=O) groups excluding carboxylic acids is 1. The molecule has 29 heavy (non-hydrogen) atoms. The van der Waals surface area contributed by atoms with Gasteiger partial charge in [0.05, 0.1) is 11.1 Å². The molecule has 0 bridgehead atoms. The van der Waals surface area contributed by atoms with Crippen molar-refractivity contribution >= 4 is 29.0 Å². The van der Waals surface area contributed by atoms with Crippen LogP contribution in [-0.4, -0.2) is 25.5 Å². The van der Waals surface area contributed by atoms with Crippen molar-refractivity contribution in [3.05, 3.63) is 77.1 Å². The van der Waals surface area contributed by atoms with Gasteiger partial charge in [-0.25, -0.2) is 14.5 Å². The predicted octanol–water partition coefficient (Wildman–Crippen LogP) is 4.72. The van der Waals surface area contributed by atoms with Crippen LogP contribution in [0.2, 0.25) is 5.02 Å². The van der Waals surface area contributed by atoms with Gasteiger partial charge in [0.1, 0.15) is 5.82 Å². The maximum atomic E-state index is 13.4. The Labute approximate surface area is 167 Å². The van der Waals surface area contributed by atoms with Crippen LogP contribution in [0.4, 0.5) is 19.0 Å². The molecule has 3 aromatic heterocycles. The van der Waals surface area contributed by atoms with Crippen molar-refractivity contribution in [2.24, 2.45) is 0 Å². The van der Waals surface area contributed by atoms with Gasteiger partial charge in [-0.05, 0) is 42.5 Å². The minimum Gasteiger partial charge on any atom is -0.306 e. The van der Waals surface area contributed by atoms with E-state index in [1.807, 2.05) is 0 Å². The summed E-state index contributed by atoms with van der Waals surface area (Å²) >= 11 is 5.89. The monoisotopic (exact) mass is 417 g/mol. The van der Waals surface area contributed by atoms with Crippen LogP contribution in [-0.2, 0) is 6.18 Å². The molecular formula is C19H11ClF3N5O. The van der Waals surface area contributed by atoms with E-state index in [9.17, 15) is 18.0 Å². The van der Waals surface area contributed by atoms with Gasteiger partial charge in [-0.15, -0.1) is 5.10 Å². The maximum Gasteiger partial charge on any atom is 0.417 e. The van der Waals surface area contributed by atoms with E-state index in [0.29, 0.717) is 5.82 Å². The molecule has 0 atom stereocenters. The van der Waals surface area contributed by atoms with Crippen LogP contribution in [0.5, 0.6) is 0 Å². The van der Waals surface area contributed by atoms with Crippen LogP contribution in [0, 0.1) is 0 Å². The van der Waals surface area contributed by atoms with E-state index in [2.05, 4.69) is 20.4 Å². The number of hydrogen-bond acceptors (Lipinski definition) is 4. The fourth-order valence-electron chi connectivity index (χ4n) is 2.77. The average molecular weight is 418 g/mol. The molecule has 6 nitrogen and oxygen atoms in total. The molecule has 0 fully saturated rings. The molecule has 10 heteroatoms. The normalized spacial score (nSPS) is 11.6. The molecule has 0 saturated carbocycles. The summed E-state index contributed by atoms with van der Waals surface area (Å²) in [6.07, 6.45) is -1.61. The number of halogens is 4. The second-order valence-corrected chi connectivity index (χ2v) is 6.42. The molecule has 0 saturated heterocycles. The van der Waals surface area contributed by atoms with Gasteiger partial charge in [-0.1, -0.05) is 17.7 Å². The lowest BCUT2D eigenvalue weighted by molar-refractivity contribution is -0.137. The van der Waals surface area contributed by atoms with Crippen LogP contribution in [0.1, 0.15) is 15.9 Å². The number of hydrogen-bond donors (Lipinski definition) is 1. The van der Waals surface area contributed by atoms with Gasteiger partial charge in [0.2, 0.25) is 0 Å². The molecule has 3 heterocycles. The molecule has 1 aromatic carbocycles. The Balaban J connectivity index is 1.80. The third kappa shape index (κ3) is 3.77. The molecule has 0 aliphatic heterocycles. The highest BCUT2D eigenvalue weighted by molar-refractivity contribution is 6.30. The number of pyridine rings is 2. The van der Waals surface area contributed by atoms with Gasteiger partial charge >= 0.3 is 6.18 Å². The quantitative estimate of drug-likeness (QED) is 0.523. The first-order chi connectivity index (χ1) is 13.8. The average Bonchev–Trinajstić information content (AvgIpc) is 3.12. The number of fused-ring (bicyclic) bond motifs is 1. The minimum absolute atomic E-state index is 0.101. The summed E-state index contributed by atoms with van der Waals surface area (Å²) in [6, 6.07) is 11.2. The number of carbonyl (C=O) groups is 1. The van der Waals surface area contributed by atoms with E-state index in [-0.39, 0.29) is 27.6 Å². The van der Waals surface area contributed by atoms with E-state index >= 15 is 0 Å². The second-order valence-electron chi connectivity index (χ2n) is 5.98. The number of nitrogens with one attached hydrogen (secondary N) is 1. The summed E-state index contributed by atoms with van der Waals surface area (Å²) in [4.78, 5) is 20.8. The smallest absolute Gasteiger partial charge is 0.306 e. The Bertz CT molecular complexity index is 1210. The van der Waals surface area contributed by atoms with E-state index in [1.54, 1.807) is 24.3 Å². The minimum atomic E-state index is -4.61. The lowest BCUT2D eigenvalue weighted by atomic mass is 10.1. The van der Waals surface area contributed by atoms with E-state index in [0.717, 1.165) is 18.2 Å². The zero-order valence-electron chi connectivity index (χ0n) is 14.5. The number of alkyl halides is 3. The molecule has 4 rings (SSSR count). The summed E-state index contributed by atoms with van der Waals surface area (Å²) in [5.74, 6) is -0.387. The molecule has 4 aromatic rings. The van der Waals surface area contributed by atoms with Crippen molar-refractivity contribution in [3.63, 3.8) is 0 Å². The zero-order valence-corrected chi connectivity index (χ0v) is 15.2. The molecule has 0 spiro atoms. The first-order valence-electron chi connectivity index (χ1n) is 8.28. The highest BCUT2D eigenvalue weighted by Gasteiger charge is 2.35. The first kappa shape index (κ1) is 18.9. The highest BCUT2D eigenvalue weighted by Crippen LogP contribution is 2.37. The highest BCUT2D eigenvalue weighted by atomic mass is 35.5. The van der Waals surface area contributed by atoms with Crippen molar-refractivity contribution in [1.29, 1.82) is 0 Å². The fraction of sp³-hybridized carbons (Fsp3) is 0.0526. The Morgan fingerprint density at radius 2 is 1.93 bits per heavy atom. The largest absolute Gasteiger partial charge is 0.417 e. The van der Waals surface area contributed by atoms with Gasteiger partial charge in [0.15, 0.2) is 11.5 Å². The van der Waals surface area contributed by atoms with Crippen molar-refractivity contribution in [2.75, 3.05) is 5.32 Å². The Kier molecular flexibility index (Phi) is 4.67. The number of benzene rings is 1. The van der Waals surface area contributed by atoms with Crippen LogP contribution in [0.15, 0.2) is 60.9 Å². The van der Waals surface area contributed by atoms with E-state index in [1.165, 1.54) is 23.0 Å². The lowest BCUT2D eigenvalue weighted by Crippen LogP contribution is -2.14. The van der Waals surface area contributed by atoms with Gasteiger partial charge < -0.3 is 5.32 Å². The summed E-state index contributed by atoms with van der Waals surface area (Å²) < 4.78 is 41.4. The van der Waals surface area contributed by atoms with Gasteiger partial charge in [0, 0.05) is 23.0 Å². The second kappa shape index (κ2) is 7.17. The van der Waals surface area contributed by atoms with Crippen molar-refractivity contribution in [3.8, 4) is 11.4 Å². The zero-order chi connectivity index (χ0) is 20.6. The Morgan fingerprint density at radius 3 is 2.66 bits per heavy atom. The molecule has 0 aliphatic rings. The van der Waals surface area contributed by atoms with Crippen LogP contribution in [0.3, 0.4) is 0 Å². The molecule has 0 unspecified atom stereocenters. The maximum absolute atomic E-state index is 13.4. The molecule has 0 radical (unpaired) electrons. The van der Waals surface area contributed by atoms with Gasteiger partial charge in [-0.3, -0.25) is 4.79 Å². The van der Waals surface area contributed by atoms with Crippen molar-refractivity contribution in [1.82, 2.24) is 19.6 Å². The third-order valence-electron chi connectivity index (χ3n) is 4.04. The van der Waals surface area contributed by atoms with Crippen molar-refractivity contribution in [2.45, 2.75) is 6.18 Å². The number of anilines is 1. The summed E-state index contributed by atoms with van der Waals surface area (Å²) in [5, 5.41) is 6.82. The third-order valence-corrected chi connectivity index (χ3v) is 4.28.